The Hall–Kier alpha value is -4.15. The lowest BCUT2D eigenvalue weighted by Gasteiger charge is -2.33. The highest BCUT2D eigenvalue weighted by Gasteiger charge is 2.35. The summed E-state index contributed by atoms with van der Waals surface area (Å²) in [6.45, 7) is 0. The number of aliphatic imine (C=N–C) groups is 1. The van der Waals surface area contributed by atoms with Gasteiger partial charge in [0, 0.05) is 0 Å². The molecule has 3 unspecified atom stereocenters. The van der Waals surface area contributed by atoms with Crippen LogP contribution >= 0.6 is 0 Å². The second kappa shape index (κ2) is 5.24. The molecule has 0 bridgehead atoms. The maximum atomic E-state index is 9.22. The van der Waals surface area contributed by atoms with Crippen LogP contribution < -0.4 is 27.4 Å². The highest BCUT2D eigenvalue weighted by atomic mass is 15.1. The van der Waals surface area contributed by atoms with E-state index in [1.54, 1.807) is 0 Å². The van der Waals surface area contributed by atoms with Crippen molar-refractivity contribution in [1.82, 2.24) is 0 Å². The molecule has 116 valence electrons. The van der Waals surface area contributed by atoms with Gasteiger partial charge in [-0.15, -0.1) is 0 Å². The summed E-state index contributed by atoms with van der Waals surface area (Å²) in [5.41, 5.74) is 13.6. The van der Waals surface area contributed by atoms with Crippen molar-refractivity contribution in [1.29, 1.82) is 21.0 Å². The number of rotatable bonds is 0. The van der Waals surface area contributed by atoms with E-state index < -0.39 is 18.1 Å². The highest BCUT2D eigenvalue weighted by molar-refractivity contribution is 6.16. The van der Waals surface area contributed by atoms with Crippen molar-refractivity contribution in [2.45, 2.75) is 18.1 Å². The first kappa shape index (κ1) is 14.8. The van der Waals surface area contributed by atoms with E-state index in [0.29, 0.717) is 17.1 Å². The average Bonchev–Trinajstić information content (AvgIpc) is 2.63. The van der Waals surface area contributed by atoms with Crippen LogP contribution in [-0.2, 0) is 0 Å². The summed E-state index contributed by atoms with van der Waals surface area (Å²) in [4.78, 5) is 4.19. The standard InChI is InChI=1S/C14H10N10/c15-1-5-7(3-17)23-13-11(21-5)9(19)10(20)12-14(13)24-8(4-18)6(2-16)22-12/h5-7,21-23H,19-20H2. The molecule has 3 rings (SSSR count). The Balaban J connectivity index is 2.27. The number of fused-ring (bicyclic) bond motifs is 3. The topological polar surface area (TPSA) is 196 Å². The Morgan fingerprint density at radius 3 is 1.92 bits per heavy atom. The summed E-state index contributed by atoms with van der Waals surface area (Å²) < 4.78 is 0. The molecule has 10 nitrogen and oxygen atoms in total. The van der Waals surface area contributed by atoms with Gasteiger partial charge in [0.05, 0.1) is 46.6 Å². The largest absolute Gasteiger partial charge is 0.395 e. The van der Waals surface area contributed by atoms with Crippen molar-refractivity contribution < 1.29 is 0 Å². The van der Waals surface area contributed by atoms with E-state index in [2.05, 4.69) is 20.9 Å². The maximum absolute atomic E-state index is 9.22. The first-order valence-corrected chi connectivity index (χ1v) is 6.77. The fraction of sp³-hybridized carbons (Fsp3) is 0.214. The molecule has 0 amide bonds. The van der Waals surface area contributed by atoms with Gasteiger partial charge in [0.2, 0.25) is 0 Å². The number of anilines is 5. The molecule has 24 heavy (non-hydrogen) atoms. The molecule has 2 aliphatic rings. The van der Waals surface area contributed by atoms with E-state index in [-0.39, 0.29) is 22.8 Å². The van der Waals surface area contributed by atoms with Crippen molar-refractivity contribution in [3.8, 4) is 24.3 Å². The molecule has 1 aromatic rings. The Labute approximate surface area is 136 Å². The predicted molar refractivity (Wildman–Crippen MR) is 87.0 cm³/mol. The summed E-state index contributed by atoms with van der Waals surface area (Å²) >= 11 is 0. The van der Waals surface area contributed by atoms with Gasteiger partial charge in [0.25, 0.3) is 0 Å². The van der Waals surface area contributed by atoms with Crippen molar-refractivity contribution in [2.24, 2.45) is 4.99 Å². The summed E-state index contributed by atoms with van der Waals surface area (Å²) in [6, 6.07) is 5.10. The van der Waals surface area contributed by atoms with Gasteiger partial charge < -0.3 is 27.4 Å². The van der Waals surface area contributed by atoms with Crippen LogP contribution in [-0.4, -0.2) is 23.8 Å². The van der Waals surface area contributed by atoms with Gasteiger partial charge in [-0.1, -0.05) is 0 Å². The monoisotopic (exact) mass is 318 g/mol. The van der Waals surface area contributed by atoms with Gasteiger partial charge in [-0.2, -0.15) is 21.0 Å². The second-order valence-electron chi connectivity index (χ2n) is 5.12. The van der Waals surface area contributed by atoms with Crippen LogP contribution in [0.3, 0.4) is 0 Å². The predicted octanol–water partition coefficient (Wildman–Crippen LogP) is 0.387. The first-order chi connectivity index (χ1) is 11.5. The number of nitrogens with one attached hydrogen (secondary N) is 3. The lowest BCUT2D eigenvalue weighted by Crippen LogP contribution is -2.42. The Morgan fingerprint density at radius 2 is 1.38 bits per heavy atom. The fourth-order valence-corrected chi connectivity index (χ4v) is 2.60. The molecular formula is C14H10N10. The number of hydrogen-bond donors (Lipinski definition) is 5. The number of nitrogens with zero attached hydrogens (tertiary/aromatic N) is 5. The van der Waals surface area contributed by atoms with E-state index in [4.69, 9.17) is 27.3 Å². The Bertz CT molecular complexity index is 933. The maximum Gasteiger partial charge on any atom is 0.167 e. The smallest absolute Gasteiger partial charge is 0.167 e. The van der Waals surface area contributed by atoms with Crippen LogP contribution in [0.25, 0.3) is 0 Å². The van der Waals surface area contributed by atoms with Crippen LogP contribution in [0.4, 0.5) is 34.1 Å². The minimum Gasteiger partial charge on any atom is -0.395 e. The number of benzene rings is 1. The third-order valence-electron chi connectivity index (χ3n) is 3.80. The summed E-state index contributed by atoms with van der Waals surface area (Å²) in [5, 5.41) is 45.3. The number of nitrogens with two attached hydrogens (primary N) is 2. The third-order valence-corrected chi connectivity index (χ3v) is 3.80. The minimum atomic E-state index is -0.947. The van der Waals surface area contributed by atoms with Crippen LogP contribution in [0.15, 0.2) is 4.99 Å². The van der Waals surface area contributed by atoms with Crippen LogP contribution in [0.5, 0.6) is 0 Å². The number of nitrogen functional groups attached to an aromatic ring is 2. The van der Waals surface area contributed by atoms with Crippen molar-refractivity contribution in [3.05, 3.63) is 0 Å². The molecule has 7 N–H and O–H groups in total. The fourth-order valence-electron chi connectivity index (χ4n) is 2.60. The summed E-state index contributed by atoms with van der Waals surface area (Å²) in [7, 11) is 0. The third kappa shape index (κ3) is 1.89. The Kier molecular flexibility index (Phi) is 3.23. The van der Waals surface area contributed by atoms with E-state index in [0.717, 1.165) is 0 Å². The molecule has 3 atom stereocenters. The van der Waals surface area contributed by atoms with Crippen molar-refractivity contribution in [2.75, 3.05) is 27.4 Å². The van der Waals surface area contributed by atoms with E-state index in [1.807, 2.05) is 24.3 Å². The quantitative estimate of drug-likeness (QED) is 0.331. The van der Waals surface area contributed by atoms with Crippen molar-refractivity contribution >= 4 is 39.8 Å². The molecule has 2 heterocycles. The van der Waals surface area contributed by atoms with Gasteiger partial charge in [0.1, 0.15) is 23.8 Å². The normalized spacial score (nSPS) is 23.2. The van der Waals surface area contributed by atoms with Gasteiger partial charge >= 0.3 is 0 Å². The SMILES string of the molecule is N#CC1=Nc2c(c(N)c(N)c3c2NC(C#N)C(C#N)N3)NC1C#N. The summed E-state index contributed by atoms with van der Waals surface area (Å²) in [5.74, 6) is 0. The molecule has 2 aliphatic heterocycles. The zero-order valence-electron chi connectivity index (χ0n) is 12.1. The van der Waals surface area contributed by atoms with Crippen molar-refractivity contribution in [3.63, 3.8) is 0 Å². The lowest BCUT2D eigenvalue weighted by atomic mass is 9.99. The second-order valence-corrected chi connectivity index (χ2v) is 5.12. The average molecular weight is 318 g/mol. The summed E-state index contributed by atoms with van der Waals surface area (Å²) in [6.07, 6.45) is 0. The molecule has 0 spiro atoms. The van der Waals surface area contributed by atoms with E-state index in [9.17, 15) is 5.26 Å². The molecule has 0 aromatic heterocycles. The number of nitriles is 4. The minimum absolute atomic E-state index is 0.0333. The van der Waals surface area contributed by atoms with Gasteiger partial charge in [-0.25, -0.2) is 4.99 Å². The van der Waals surface area contributed by atoms with Crippen LogP contribution in [0.1, 0.15) is 0 Å². The highest BCUT2D eigenvalue weighted by Crippen LogP contribution is 2.52. The van der Waals surface area contributed by atoms with E-state index in [1.165, 1.54) is 0 Å². The molecule has 0 saturated carbocycles. The molecule has 0 radical (unpaired) electrons. The van der Waals surface area contributed by atoms with Gasteiger partial charge in [-0.05, 0) is 0 Å². The zero-order chi connectivity index (χ0) is 17.4. The van der Waals surface area contributed by atoms with Gasteiger partial charge in [-0.3, -0.25) is 0 Å². The van der Waals surface area contributed by atoms with Crippen LogP contribution in [0.2, 0.25) is 0 Å². The molecule has 0 fully saturated rings. The van der Waals surface area contributed by atoms with Gasteiger partial charge in [0.15, 0.2) is 11.8 Å². The van der Waals surface area contributed by atoms with Crippen LogP contribution in [0, 0.1) is 45.3 Å². The first-order valence-electron chi connectivity index (χ1n) is 6.77. The lowest BCUT2D eigenvalue weighted by molar-refractivity contribution is 0.794. The molecule has 0 saturated heterocycles. The Morgan fingerprint density at radius 1 is 0.792 bits per heavy atom. The van der Waals surface area contributed by atoms with E-state index >= 15 is 0 Å². The zero-order valence-corrected chi connectivity index (χ0v) is 12.1. The number of hydrogen-bond acceptors (Lipinski definition) is 10. The molecule has 10 heteroatoms. The molecular weight excluding hydrogens is 308 g/mol. The molecule has 1 aromatic carbocycles. The molecule has 0 aliphatic carbocycles.